The van der Waals surface area contributed by atoms with Gasteiger partial charge in [-0.25, -0.2) is 9.59 Å². The Hall–Kier alpha value is -2.72. The highest BCUT2D eigenvalue weighted by molar-refractivity contribution is 7.99. The van der Waals surface area contributed by atoms with Crippen LogP contribution in [0.1, 0.15) is 38.3 Å². The van der Waals surface area contributed by atoms with Gasteiger partial charge >= 0.3 is 12.2 Å². The average Bonchev–Trinajstić information content (AvgIpc) is 3.24. The van der Waals surface area contributed by atoms with Gasteiger partial charge in [-0.3, -0.25) is 0 Å². The van der Waals surface area contributed by atoms with E-state index in [0.29, 0.717) is 30.5 Å². The molecular formula is C41H60N2O14S2. The summed E-state index contributed by atoms with van der Waals surface area (Å²) in [5, 5.41) is 61.7. The number of hydrogen-bond donors (Lipinski definition) is 8. The Balaban J connectivity index is 1.28. The number of amides is 2. The molecule has 3 fully saturated rings. The zero-order valence-corrected chi connectivity index (χ0v) is 35.3. The fraction of sp³-hybridized carbons (Fsp3) is 0.659. The Labute approximate surface area is 355 Å². The maximum atomic E-state index is 13.2. The lowest BCUT2D eigenvalue weighted by molar-refractivity contribution is -0.329. The van der Waals surface area contributed by atoms with Gasteiger partial charge in [-0.05, 0) is 23.5 Å². The number of alkyl carbamates (subject to hydrolysis) is 2. The largest absolute Gasteiger partial charge is 0.445 e. The Morgan fingerprint density at radius 3 is 1.98 bits per heavy atom. The van der Waals surface area contributed by atoms with Crippen molar-refractivity contribution in [1.82, 2.24) is 10.6 Å². The topological polar surface area (TPSA) is 224 Å². The minimum atomic E-state index is -1.46. The minimum Gasteiger partial charge on any atom is -0.445 e. The quantitative estimate of drug-likeness (QED) is 0.0795. The van der Waals surface area contributed by atoms with Gasteiger partial charge in [0, 0.05) is 35.6 Å². The maximum absolute atomic E-state index is 13.2. The van der Waals surface area contributed by atoms with Gasteiger partial charge in [-0.1, -0.05) is 81.4 Å². The van der Waals surface area contributed by atoms with E-state index in [1.54, 1.807) is 26.0 Å². The van der Waals surface area contributed by atoms with Gasteiger partial charge in [0.1, 0.15) is 43.7 Å². The summed E-state index contributed by atoms with van der Waals surface area (Å²) in [6, 6.07) is 17.3. The number of ether oxygens (including phenoxy) is 7. The molecule has 2 amide bonds. The van der Waals surface area contributed by atoms with Gasteiger partial charge in [0.25, 0.3) is 0 Å². The summed E-state index contributed by atoms with van der Waals surface area (Å²) < 4.78 is 41.4. The summed E-state index contributed by atoms with van der Waals surface area (Å²) in [5.74, 6) is -0.225. The van der Waals surface area contributed by atoms with Crippen molar-refractivity contribution in [2.75, 3.05) is 37.0 Å². The summed E-state index contributed by atoms with van der Waals surface area (Å²) in [4.78, 5) is 25.7. The van der Waals surface area contributed by atoms with E-state index in [2.05, 4.69) is 23.3 Å². The number of carbonyl (C=O) groups excluding carboxylic acids is 2. The first-order valence-electron chi connectivity index (χ1n) is 20.1. The van der Waals surface area contributed by atoms with Crippen LogP contribution in [-0.2, 0) is 46.4 Å². The fourth-order valence-corrected chi connectivity index (χ4v) is 8.43. The molecule has 0 bridgehead atoms. The molecule has 1 saturated carbocycles. The van der Waals surface area contributed by atoms with Crippen LogP contribution in [0.2, 0.25) is 0 Å². The third kappa shape index (κ3) is 13.4. The van der Waals surface area contributed by atoms with Crippen LogP contribution in [0.4, 0.5) is 9.59 Å². The lowest BCUT2D eigenvalue weighted by Crippen LogP contribution is -2.65. The summed E-state index contributed by atoms with van der Waals surface area (Å²) in [6.45, 7) is 5.92. The van der Waals surface area contributed by atoms with Crippen molar-refractivity contribution in [3.63, 3.8) is 0 Å². The number of aliphatic hydroxyl groups excluding tert-OH is 5. The standard InChI is InChI=1S/C41H60N2O14S2/c1-23-18-28(43-41(50)53-21-27-12-8-5-9-13-27)37(35(48)36(23)56-39-33(46)24(2)31(44)30(55-39)22-59-17-15-51-14-16-58)57-38-25(3)32(45)34(47)29(54-38)19-42-40(49)52-20-26-10-6-4-7-11-26/h4-13,23-25,28-39,44-48,58H,14-22H2,1-3H3,(H,42,49)(H,43,50). The second kappa shape index (κ2) is 23.5. The monoisotopic (exact) mass is 868 g/mol. The number of thiol groups is 1. The Kier molecular flexibility index (Phi) is 18.8. The summed E-state index contributed by atoms with van der Waals surface area (Å²) in [7, 11) is 0. The van der Waals surface area contributed by atoms with Gasteiger partial charge in [-0.15, -0.1) is 0 Å². The lowest BCUT2D eigenvalue weighted by Gasteiger charge is -2.49. The van der Waals surface area contributed by atoms with E-state index in [4.69, 9.17) is 33.2 Å². The first-order valence-corrected chi connectivity index (χ1v) is 21.9. The number of hydrogen-bond acceptors (Lipinski definition) is 16. The molecule has 15 unspecified atom stereocenters. The van der Waals surface area contributed by atoms with Crippen molar-refractivity contribution in [2.45, 2.75) is 114 Å². The van der Waals surface area contributed by atoms with Crippen LogP contribution in [0.15, 0.2) is 60.7 Å². The molecule has 7 N–H and O–H groups in total. The van der Waals surface area contributed by atoms with Crippen molar-refractivity contribution in [2.24, 2.45) is 17.8 Å². The number of carbonyl (C=O) groups is 2. The van der Waals surface area contributed by atoms with Crippen molar-refractivity contribution < 1.29 is 68.3 Å². The predicted octanol–water partition coefficient (Wildman–Crippen LogP) is 2.22. The first kappa shape index (κ1) is 47.3. The van der Waals surface area contributed by atoms with Gasteiger partial charge in [0.2, 0.25) is 0 Å². The summed E-state index contributed by atoms with van der Waals surface area (Å²) in [6.07, 6.45) is -14.3. The first-order chi connectivity index (χ1) is 28.4. The molecular weight excluding hydrogens is 809 g/mol. The number of thioether (sulfide) groups is 1. The second-order valence-corrected chi connectivity index (χ2v) is 16.9. The molecule has 16 nitrogen and oxygen atoms in total. The molecule has 3 aliphatic rings. The average molecular weight is 869 g/mol. The molecule has 0 radical (unpaired) electrons. The minimum absolute atomic E-state index is 0.00679. The van der Waals surface area contributed by atoms with Crippen LogP contribution >= 0.6 is 24.4 Å². The molecule has 0 spiro atoms. The number of rotatable bonds is 18. The normalized spacial score (nSPS) is 34.8. The Bertz CT molecular complexity index is 1550. The summed E-state index contributed by atoms with van der Waals surface area (Å²) in [5.41, 5.74) is 1.55. The van der Waals surface area contributed by atoms with Crippen molar-refractivity contribution in [3.8, 4) is 0 Å². The van der Waals surface area contributed by atoms with Crippen LogP contribution in [0.3, 0.4) is 0 Å². The van der Waals surface area contributed by atoms with E-state index >= 15 is 0 Å². The van der Waals surface area contributed by atoms with Crippen LogP contribution in [0.25, 0.3) is 0 Å². The molecule has 2 aliphatic heterocycles. The van der Waals surface area contributed by atoms with Crippen LogP contribution in [0.5, 0.6) is 0 Å². The van der Waals surface area contributed by atoms with E-state index in [-0.39, 0.29) is 26.2 Å². The van der Waals surface area contributed by atoms with E-state index in [1.165, 1.54) is 11.8 Å². The molecule has 2 aromatic carbocycles. The highest BCUT2D eigenvalue weighted by Gasteiger charge is 2.52. The number of aliphatic hydroxyl groups is 5. The highest BCUT2D eigenvalue weighted by Crippen LogP contribution is 2.37. The zero-order valence-electron chi connectivity index (χ0n) is 33.6. The van der Waals surface area contributed by atoms with Crippen molar-refractivity contribution in [1.29, 1.82) is 0 Å². The van der Waals surface area contributed by atoms with E-state index in [1.807, 2.05) is 55.5 Å². The van der Waals surface area contributed by atoms with E-state index in [0.717, 1.165) is 11.1 Å². The molecule has 2 saturated heterocycles. The molecule has 2 heterocycles. The molecule has 0 aromatic heterocycles. The Morgan fingerprint density at radius 2 is 1.34 bits per heavy atom. The molecule has 59 heavy (non-hydrogen) atoms. The van der Waals surface area contributed by atoms with E-state index < -0.39 is 103 Å². The lowest BCUT2D eigenvalue weighted by atomic mass is 9.79. The molecule has 2 aromatic rings. The van der Waals surface area contributed by atoms with Gasteiger partial charge in [0.05, 0.1) is 43.7 Å². The van der Waals surface area contributed by atoms with Crippen molar-refractivity contribution in [3.05, 3.63) is 71.8 Å². The smallest absolute Gasteiger partial charge is 0.407 e. The number of nitrogens with one attached hydrogen (secondary N) is 2. The van der Waals surface area contributed by atoms with Crippen molar-refractivity contribution >= 4 is 36.6 Å². The fourth-order valence-electron chi connectivity index (χ4n) is 7.39. The molecule has 330 valence electrons. The van der Waals surface area contributed by atoms with Crippen LogP contribution < -0.4 is 10.6 Å². The number of benzene rings is 2. The maximum Gasteiger partial charge on any atom is 0.407 e. The van der Waals surface area contributed by atoms with Gasteiger partial charge in [-0.2, -0.15) is 24.4 Å². The zero-order chi connectivity index (χ0) is 42.5. The molecule has 1 aliphatic carbocycles. The van der Waals surface area contributed by atoms with Crippen LogP contribution in [0, 0.1) is 17.8 Å². The van der Waals surface area contributed by atoms with Crippen LogP contribution in [-0.4, -0.2) is 148 Å². The predicted molar refractivity (Wildman–Crippen MR) is 219 cm³/mol. The highest BCUT2D eigenvalue weighted by atomic mass is 32.2. The summed E-state index contributed by atoms with van der Waals surface area (Å²) >= 11 is 5.67. The molecule has 15 atom stereocenters. The molecule has 5 rings (SSSR count). The SMILES string of the molecule is CC1CC(NC(=O)OCc2ccccc2)C(OC2OC(CNC(=O)OCc3ccccc3)C(O)C(O)C2C)C(O)C1OC1OC(CSCCOCCS)C(O)C(C)C1O. The third-order valence-electron chi connectivity index (χ3n) is 11.0. The molecule has 18 heteroatoms. The van der Waals surface area contributed by atoms with Gasteiger partial charge in [0.15, 0.2) is 12.6 Å². The third-order valence-corrected chi connectivity index (χ3v) is 12.2. The van der Waals surface area contributed by atoms with E-state index in [9.17, 15) is 35.1 Å². The Morgan fingerprint density at radius 1 is 0.729 bits per heavy atom. The second-order valence-electron chi connectivity index (χ2n) is 15.3. The van der Waals surface area contributed by atoms with Gasteiger partial charge < -0.3 is 69.3 Å².